The van der Waals surface area contributed by atoms with E-state index in [1.54, 1.807) is 0 Å². The first-order valence-corrected chi connectivity index (χ1v) is 7.74. The molecule has 0 aromatic heterocycles. The molecule has 0 aliphatic rings. The number of nitrogens with one attached hydrogen (secondary N) is 1. The zero-order valence-electron chi connectivity index (χ0n) is 13.5. The van der Waals surface area contributed by atoms with Crippen LogP contribution in [0.3, 0.4) is 0 Å². The van der Waals surface area contributed by atoms with E-state index in [0.29, 0.717) is 17.2 Å². The first-order valence-electron chi connectivity index (χ1n) is 7.74. The molecule has 0 radical (unpaired) electrons. The number of benzene rings is 2. The van der Waals surface area contributed by atoms with Crippen LogP contribution < -0.4 is 16.2 Å². The van der Waals surface area contributed by atoms with Gasteiger partial charge in [0.2, 0.25) is 5.43 Å². The molecule has 0 atom stereocenters. The van der Waals surface area contributed by atoms with Gasteiger partial charge in [-0.05, 0) is 36.1 Å². The van der Waals surface area contributed by atoms with Gasteiger partial charge < -0.3 is 5.32 Å². The van der Waals surface area contributed by atoms with Gasteiger partial charge in [-0.25, -0.2) is 0 Å². The van der Waals surface area contributed by atoms with Crippen LogP contribution in [0.15, 0.2) is 58.1 Å². The minimum Gasteiger partial charge on any atom is -0.352 e. The Kier molecular flexibility index (Phi) is 3.87. The maximum absolute atomic E-state index is 11.9. The number of hydrogen-bond donors (Lipinski definition) is 1. The Morgan fingerprint density at radius 1 is 0.826 bits per heavy atom. The van der Waals surface area contributed by atoms with Crippen LogP contribution in [0.2, 0.25) is 0 Å². The predicted molar refractivity (Wildman–Crippen MR) is 95.3 cm³/mol. The van der Waals surface area contributed by atoms with Gasteiger partial charge in [0.25, 0.3) is 5.43 Å². The third-order valence-corrected chi connectivity index (χ3v) is 4.10. The molecule has 0 aliphatic carbocycles. The molecule has 3 heteroatoms. The van der Waals surface area contributed by atoms with Crippen molar-refractivity contribution < 1.29 is 0 Å². The second-order valence-corrected chi connectivity index (χ2v) is 6.18. The summed E-state index contributed by atoms with van der Waals surface area (Å²) in [5.74, 6) is 0.457. The molecule has 3 aromatic carbocycles. The fraction of sp³-hybridized carbons (Fsp3) is 0.200. The Morgan fingerprint density at radius 2 is 1.43 bits per heavy atom. The van der Waals surface area contributed by atoms with Gasteiger partial charge in [-0.2, -0.15) is 0 Å². The van der Waals surface area contributed by atoms with Gasteiger partial charge in [-0.3, -0.25) is 9.59 Å². The van der Waals surface area contributed by atoms with Crippen LogP contribution in [0.5, 0.6) is 0 Å². The quantitative estimate of drug-likeness (QED) is 0.737. The van der Waals surface area contributed by atoms with Gasteiger partial charge in [0.15, 0.2) is 0 Å². The van der Waals surface area contributed by atoms with Gasteiger partial charge >= 0.3 is 0 Å². The normalized spacial score (nSPS) is 11.1. The molecule has 0 saturated heterocycles. The SMILES string of the molecule is Cc1ccc(-c2c(Nc3ccc(C(C)C)cc3)c(=O)c2=O)cc1. The van der Waals surface area contributed by atoms with Crippen LogP contribution in [0.25, 0.3) is 11.1 Å². The summed E-state index contributed by atoms with van der Waals surface area (Å²) in [5.41, 5.74) is 3.93. The van der Waals surface area contributed by atoms with Gasteiger partial charge in [-0.15, -0.1) is 0 Å². The van der Waals surface area contributed by atoms with Crippen molar-refractivity contribution in [3.8, 4) is 11.1 Å². The van der Waals surface area contributed by atoms with E-state index in [0.717, 1.165) is 16.8 Å². The fourth-order valence-corrected chi connectivity index (χ4v) is 2.60. The summed E-state index contributed by atoms with van der Waals surface area (Å²) in [6.07, 6.45) is 0. The first kappa shape index (κ1) is 15.2. The average molecular weight is 305 g/mol. The minimum absolute atomic E-state index is 0.385. The van der Waals surface area contributed by atoms with Crippen LogP contribution in [-0.2, 0) is 0 Å². The van der Waals surface area contributed by atoms with Crippen LogP contribution in [0, 0.1) is 6.92 Å². The number of anilines is 2. The third kappa shape index (κ3) is 2.82. The molecular formula is C20H19NO2. The lowest BCUT2D eigenvalue weighted by Crippen LogP contribution is -2.35. The van der Waals surface area contributed by atoms with Gasteiger partial charge in [0.1, 0.15) is 5.69 Å². The number of hydrogen-bond acceptors (Lipinski definition) is 3. The molecule has 0 heterocycles. The molecule has 3 rings (SSSR count). The van der Waals surface area contributed by atoms with E-state index >= 15 is 0 Å². The van der Waals surface area contributed by atoms with Gasteiger partial charge in [0.05, 0.1) is 5.56 Å². The average Bonchev–Trinajstić information content (AvgIpc) is 2.56. The molecule has 0 fully saturated rings. The van der Waals surface area contributed by atoms with Crippen LogP contribution in [-0.4, -0.2) is 0 Å². The van der Waals surface area contributed by atoms with E-state index in [2.05, 4.69) is 19.2 Å². The van der Waals surface area contributed by atoms with Crippen LogP contribution in [0.4, 0.5) is 11.4 Å². The molecule has 23 heavy (non-hydrogen) atoms. The predicted octanol–water partition coefficient (Wildman–Crippen LogP) is 4.13. The van der Waals surface area contributed by atoms with Crippen molar-refractivity contribution in [2.75, 3.05) is 5.32 Å². The topological polar surface area (TPSA) is 46.2 Å². The summed E-state index contributed by atoms with van der Waals surface area (Å²) < 4.78 is 0. The Hall–Kier alpha value is -2.68. The maximum atomic E-state index is 11.9. The molecule has 1 N–H and O–H groups in total. The maximum Gasteiger partial charge on any atom is 0.250 e. The van der Waals surface area contributed by atoms with E-state index in [1.165, 1.54) is 5.56 Å². The van der Waals surface area contributed by atoms with Crippen molar-refractivity contribution in [3.05, 3.63) is 80.1 Å². The molecule has 0 amide bonds. The monoisotopic (exact) mass is 305 g/mol. The Balaban J connectivity index is 1.92. The van der Waals surface area contributed by atoms with Crippen molar-refractivity contribution in [2.24, 2.45) is 0 Å². The highest BCUT2D eigenvalue weighted by atomic mass is 16.2. The van der Waals surface area contributed by atoms with E-state index in [-0.39, 0.29) is 0 Å². The van der Waals surface area contributed by atoms with Gasteiger partial charge in [0, 0.05) is 5.69 Å². The van der Waals surface area contributed by atoms with Crippen molar-refractivity contribution in [3.63, 3.8) is 0 Å². The zero-order chi connectivity index (χ0) is 16.6. The van der Waals surface area contributed by atoms with Crippen LogP contribution in [0.1, 0.15) is 30.9 Å². The van der Waals surface area contributed by atoms with E-state index in [1.807, 2.05) is 55.5 Å². The summed E-state index contributed by atoms with van der Waals surface area (Å²) in [4.78, 5) is 23.9. The zero-order valence-corrected chi connectivity index (χ0v) is 13.5. The van der Waals surface area contributed by atoms with Crippen molar-refractivity contribution in [2.45, 2.75) is 26.7 Å². The lowest BCUT2D eigenvalue weighted by Gasteiger charge is -2.14. The Labute approximate surface area is 135 Å². The van der Waals surface area contributed by atoms with Crippen molar-refractivity contribution >= 4 is 11.4 Å². The smallest absolute Gasteiger partial charge is 0.250 e. The highest BCUT2D eigenvalue weighted by Gasteiger charge is 2.22. The lowest BCUT2D eigenvalue weighted by molar-refractivity contribution is 0.867. The lowest BCUT2D eigenvalue weighted by atomic mass is 9.97. The minimum atomic E-state index is -0.450. The molecule has 3 aromatic rings. The van der Waals surface area contributed by atoms with E-state index < -0.39 is 10.9 Å². The Morgan fingerprint density at radius 3 is 2.00 bits per heavy atom. The standard InChI is InChI=1S/C20H19NO2/c1-12(2)14-8-10-16(11-9-14)21-18-17(19(22)20(18)23)15-6-4-13(3)5-7-15/h4-12,21H,1-3H3. The molecule has 3 nitrogen and oxygen atoms in total. The molecule has 0 aliphatic heterocycles. The highest BCUT2D eigenvalue weighted by Crippen LogP contribution is 2.27. The number of aryl methyl sites for hydroxylation is 1. The van der Waals surface area contributed by atoms with Crippen LogP contribution >= 0.6 is 0 Å². The molecule has 0 bridgehead atoms. The molecule has 0 unspecified atom stereocenters. The third-order valence-electron chi connectivity index (χ3n) is 4.10. The summed E-state index contributed by atoms with van der Waals surface area (Å²) >= 11 is 0. The first-order chi connectivity index (χ1) is 11.0. The molecule has 116 valence electrons. The van der Waals surface area contributed by atoms with Gasteiger partial charge in [-0.1, -0.05) is 55.8 Å². The van der Waals surface area contributed by atoms with Crippen molar-refractivity contribution in [1.82, 2.24) is 0 Å². The summed E-state index contributed by atoms with van der Waals surface area (Å²) in [5, 5.41) is 3.10. The molecule has 0 saturated carbocycles. The summed E-state index contributed by atoms with van der Waals surface area (Å²) in [6, 6.07) is 15.6. The van der Waals surface area contributed by atoms with E-state index in [4.69, 9.17) is 0 Å². The second kappa shape index (κ2) is 5.84. The number of rotatable bonds is 4. The molecule has 0 spiro atoms. The largest absolute Gasteiger partial charge is 0.352 e. The fourth-order valence-electron chi connectivity index (χ4n) is 2.60. The Bertz CT molecular complexity index is 896. The summed E-state index contributed by atoms with van der Waals surface area (Å²) in [7, 11) is 0. The van der Waals surface area contributed by atoms with E-state index in [9.17, 15) is 9.59 Å². The highest BCUT2D eigenvalue weighted by molar-refractivity contribution is 5.84. The summed E-state index contributed by atoms with van der Waals surface area (Å²) in [6.45, 7) is 6.25. The second-order valence-electron chi connectivity index (χ2n) is 6.18. The van der Waals surface area contributed by atoms with Crippen molar-refractivity contribution in [1.29, 1.82) is 0 Å². The molecular weight excluding hydrogens is 286 g/mol.